The van der Waals surface area contributed by atoms with Crippen molar-refractivity contribution in [1.29, 1.82) is 0 Å². The Bertz CT molecular complexity index is 941. The number of hydrazone groups is 1. The van der Waals surface area contributed by atoms with Crippen LogP contribution in [0.2, 0.25) is 0 Å². The minimum atomic E-state index is -0.677. The Labute approximate surface area is 202 Å². The largest absolute Gasteiger partial charge is 0.301 e. The average Bonchev–Trinajstić information content (AvgIpc) is 2.76. The number of nitrogens with zero attached hydrogens (tertiary/aromatic N) is 3. The van der Waals surface area contributed by atoms with Gasteiger partial charge in [0.25, 0.3) is 5.69 Å². The molecular formula is C26H36N4O4. The molecule has 0 saturated heterocycles. The standard InChI is InChI=1S/C26H36N4O4/c1-22(21-27-28-24-18-17-23(29(31)32)20-25(24)30(33)34)16-14-12-10-8-6-5-7-9-11-13-15-19-26(2,3)4/h7-14,17-18,20-22,28H,5-6,15-16,19H2,1-4H3/b9-7-,10-8+,13-11+,14-12+,27-21+. The van der Waals surface area contributed by atoms with Crippen molar-refractivity contribution >= 4 is 23.3 Å². The minimum Gasteiger partial charge on any atom is -0.272 e. The van der Waals surface area contributed by atoms with E-state index >= 15 is 0 Å². The summed E-state index contributed by atoms with van der Waals surface area (Å²) in [5.41, 5.74) is 2.35. The zero-order valence-electron chi connectivity index (χ0n) is 20.5. The second-order valence-corrected chi connectivity index (χ2v) is 9.21. The molecule has 0 fully saturated rings. The number of rotatable bonds is 14. The van der Waals surface area contributed by atoms with Crippen molar-refractivity contribution in [1.82, 2.24) is 0 Å². The second kappa shape index (κ2) is 15.3. The van der Waals surface area contributed by atoms with Crippen LogP contribution in [0.25, 0.3) is 0 Å². The van der Waals surface area contributed by atoms with E-state index in [2.05, 4.69) is 61.7 Å². The quantitative estimate of drug-likeness (QED) is 0.0986. The lowest BCUT2D eigenvalue weighted by Gasteiger charge is -2.15. The highest BCUT2D eigenvalue weighted by Gasteiger charge is 2.19. The van der Waals surface area contributed by atoms with Crippen LogP contribution in [0, 0.1) is 31.6 Å². The molecule has 0 saturated carbocycles. The Kier molecular flexibility index (Phi) is 12.8. The van der Waals surface area contributed by atoms with Crippen molar-refractivity contribution < 1.29 is 9.85 Å². The summed E-state index contributed by atoms with van der Waals surface area (Å²) < 4.78 is 0. The lowest BCUT2D eigenvalue weighted by Crippen LogP contribution is -2.02. The van der Waals surface area contributed by atoms with Crippen LogP contribution >= 0.6 is 0 Å². The average molecular weight is 469 g/mol. The highest BCUT2D eigenvalue weighted by Crippen LogP contribution is 2.28. The molecule has 184 valence electrons. The maximum Gasteiger partial charge on any atom is 0.301 e. The molecule has 8 heteroatoms. The summed E-state index contributed by atoms with van der Waals surface area (Å²) in [6.45, 7) is 8.73. The molecule has 0 bridgehead atoms. The number of allylic oxidation sites excluding steroid dienone is 8. The van der Waals surface area contributed by atoms with Gasteiger partial charge in [-0.1, -0.05) is 76.3 Å². The molecule has 1 atom stereocenters. The summed E-state index contributed by atoms with van der Waals surface area (Å²) >= 11 is 0. The molecular weight excluding hydrogens is 432 g/mol. The number of hydrogen-bond acceptors (Lipinski definition) is 6. The maximum absolute atomic E-state index is 11.1. The first-order valence-electron chi connectivity index (χ1n) is 11.5. The third-order valence-electron chi connectivity index (χ3n) is 4.74. The van der Waals surface area contributed by atoms with Gasteiger partial charge in [0.2, 0.25) is 0 Å². The predicted octanol–water partition coefficient (Wildman–Crippen LogP) is 7.76. The Balaban J connectivity index is 2.32. The molecule has 0 aliphatic carbocycles. The van der Waals surface area contributed by atoms with Gasteiger partial charge in [0, 0.05) is 12.3 Å². The van der Waals surface area contributed by atoms with E-state index in [0.717, 1.165) is 31.7 Å². The molecule has 1 unspecified atom stereocenters. The van der Waals surface area contributed by atoms with E-state index in [1.807, 2.05) is 25.2 Å². The van der Waals surface area contributed by atoms with Gasteiger partial charge in [-0.15, -0.1) is 0 Å². The number of hydrogen-bond donors (Lipinski definition) is 1. The normalized spacial score (nSPS) is 13.6. The van der Waals surface area contributed by atoms with Crippen LogP contribution in [0.5, 0.6) is 0 Å². The molecule has 1 aromatic carbocycles. The zero-order chi connectivity index (χ0) is 25.4. The monoisotopic (exact) mass is 468 g/mol. The van der Waals surface area contributed by atoms with Gasteiger partial charge < -0.3 is 0 Å². The van der Waals surface area contributed by atoms with E-state index in [4.69, 9.17) is 0 Å². The van der Waals surface area contributed by atoms with Crippen molar-refractivity contribution in [3.05, 3.63) is 87.0 Å². The van der Waals surface area contributed by atoms with E-state index in [1.54, 1.807) is 6.21 Å². The van der Waals surface area contributed by atoms with Crippen molar-refractivity contribution in [2.24, 2.45) is 16.4 Å². The molecule has 0 aromatic heterocycles. The lowest BCUT2D eigenvalue weighted by molar-refractivity contribution is -0.393. The molecule has 0 aliphatic heterocycles. The van der Waals surface area contributed by atoms with Crippen molar-refractivity contribution in [2.75, 3.05) is 5.43 Å². The fourth-order valence-corrected chi connectivity index (χ4v) is 2.78. The van der Waals surface area contributed by atoms with Crippen LogP contribution in [-0.2, 0) is 0 Å². The van der Waals surface area contributed by atoms with Crippen LogP contribution in [0.3, 0.4) is 0 Å². The Hall–Kier alpha value is -3.55. The number of nitro benzene ring substituents is 2. The van der Waals surface area contributed by atoms with Crippen LogP contribution in [0.15, 0.2) is 71.9 Å². The van der Waals surface area contributed by atoms with E-state index < -0.39 is 15.5 Å². The molecule has 0 radical (unpaired) electrons. The smallest absolute Gasteiger partial charge is 0.272 e. The molecule has 1 rings (SSSR count). The van der Waals surface area contributed by atoms with Gasteiger partial charge in [-0.2, -0.15) is 5.10 Å². The molecule has 0 spiro atoms. The van der Waals surface area contributed by atoms with Crippen molar-refractivity contribution in [3.63, 3.8) is 0 Å². The molecule has 8 nitrogen and oxygen atoms in total. The summed E-state index contributed by atoms with van der Waals surface area (Å²) in [7, 11) is 0. The van der Waals surface area contributed by atoms with Gasteiger partial charge in [0.15, 0.2) is 0 Å². The van der Waals surface area contributed by atoms with E-state index in [1.165, 1.54) is 18.6 Å². The molecule has 34 heavy (non-hydrogen) atoms. The van der Waals surface area contributed by atoms with Gasteiger partial charge in [-0.25, -0.2) is 0 Å². The Morgan fingerprint density at radius 1 is 0.941 bits per heavy atom. The van der Waals surface area contributed by atoms with Crippen LogP contribution in [0.1, 0.15) is 59.8 Å². The third-order valence-corrected chi connectivity index (χ3v) is 4.74. The number of nitro groups is 2. The first kappa shape index (κ1) is 28.5. The number of benzene rings is 1. The van der Waals surface area contributed by atoms with Crippen molar-refractivity contribution in [2.45, 2.75) is 59.8 Å². The molecule has 1 aromatic rings. The van der Waals surface area contributed by atoms with E-state index in [0.29, 0.717) is 5.41 Å². The first-order chi connectivity index (χ1) is 16.1. The summed E-state index contributed by atoms with van der Waals surface area (Å²) in [6, 6.07) is 3.39. The zero-order valence-corrected chi connectivity index (χ0v) is 20.5. The predicted molar refractivity (Wildman–Crippen MR) is 140 cm³/mol. The minimum absolute atomic E-state index is 0.104. The Morgan fingerprint density at radius 3 is 2.09 bits per heavy atom. The first-order valence-corrected chi connectivity index (χ1v) is 11.5. The van der Waals surface area contributed by atoms with E-state index in [-0.39, 0.29) is 17.3 Å². The van der Waals surface area contributed by atoms with Gasteiger partial charge >= 0.3 is 5.69 Å². The van der Waals surface area contributed by atoms with Crippen LogP contribution < -0.4 is 5.43 Å². The number of unbranched alkanes of at least 4 members (excludes halogenated alkanes) is 1. The molecule has 0 aliphatic rings. The summed E-state index contributed by atoms with van der Waals surface area (Å²) in [6.07, 6.45) is 23.5. The highest BCUT2D eigenvalue weighted by atomic mass is 16.6. The van der Waals surface area contributed by atoms with E-state index in [9.17, 15) is 20.2 Å². The number of anilines is 1. The molecule has 0 heterocycles. The SMILES string of the molecule is CC(/C=N/Nc1ccc([N+](=O)[O-])cc1[N+](=O)[O-])C/C=C/C=C/CC/C=C\C=C\CCC(C)(C)C. The van der Waals surface area contributed by atoms with Gasteiger partial charge in [0.1, 0.15) is 5.69 Å². The summed E-state index contributed by atoms with van der Waals surface area (Å²) in [5.74, 6) is 0.113. The topological polar surface area (TPSA) is 111 Å². The third kappa shape index (κ3) is 13.1. The maximum atomic E-state index is 11.1. The highest BCUT2D eigenvalue weighted by molar-refractivity contribution is 5.68. The number of nitrogens with one attached hydrogen (secondary N) is 1. The number of non-ortho nitro benzene ring substituents is 1. The Morgan fingerprint density at radius 2 is 1.53 bits per heavy atom. The summed E-state index contributed by atoms with van der Waals surface area (Å²) in [4.78, 5) is 20.6. The summed E-state index contributed by atoms with van der Waals surface area (Å²) in [5, 5.41) is 26.0. The van der Waals surface area contributed by atoms with Crippen LogP contribution in [-0.4, -0.2) is 16.1 Å². The van der Waals surface area contributed by atoms with Gasteiger partial charge in [-0.3, -0.25) is 25.7 Å². The fourth-order valence-electron chi connectivity index (χ4n) is 2.78. The second-order valence-electron chi connectivity index (χ2n) is 9.21. The van der Waals surface area contributed by atoms with Crippen molar-refractivity contribution in [3.8, 4) is 0 Å². The van der Waals surface area contributed by atoms with Crippen LogP contribution in [0.4, 0.5) is 17.1 Å². The van der Waals surface area contributed by atoms with Gasteiger partial charge in [0.05, 0.1) is 15.9 Å². The molecule has 1 N–H and O–H groups in total. The fraction of sp³-hybridized carbons (Fsp3) is 0.423. The lowest BCUT2D eigenvalue weighted by atomic mass is 9.90. The molecule has 0 amide bonds. The van der Waals surface area contributed by atoms with Gasteiger partial charge in [-0.05, 0) is 49.5 Å².